The summed E-state index contributed by atoms with van der Waals surface area (Å²) in [5, 5.41) is 4.54. The predicted octanol–water partition coefficient (Wildman–Crippen LogP) is 4.85. The summed E-state index contributed by atoms with van der Waals surface area (Å²) in [5.74, 6) is 0.724. The van der Waals surface area contributed by atoms with Crippen molar-refractivity contribution >= 4 is 23.7 Å². The van der Waals surface area contributed by atoms with Crippen LogP contribution in [0.15, 0.2) is 30.2 Å². The number of benzene rings is 1. The highest BCUT2D eigenvalue weighted by Gasteiger charge is 2.15. The fourth-order valence-corrected chi connectivity index (χ4v) is 2.17. The van der Waals surface area contributed by atoms with Gasteiger partial charge < -0.3 is 5.32 Å². The second kappa shape index (κ2) is 7.24. The fraction of sp³-hybridized carbons (Fsp3) is 0.400. The lowest BCUT2D eigenvalue weighted by molar-refractivity contribution is 0.257. The Hall–Kier alpha value is -1.42. The first-order valence-electron chi connectivity index (χ1n) is 6.43. The van der Waals surface area contributed by atoms with Crippen molar-refractivity contribution in [3.8, 4) is 0 Å². The van der Waals surface area contributed by atoms with E-state index in [4.69, 9.17) is 0 Å². The van der Waals surface area contributed by atoms with Crippen LogP contribution < -0.4 is 10.0 Å². The summed E-state index contributed by atoms with van der Waals surface area (Å²) >= 11 is 1.17. The van der Waals surface area contributed by atoms with Crippen LogP contribution in [-0.4, -0.2) is 6.03 Å². The number of hydrogen-bond donors (Lipinski definition) is 2. The molecule has 0 aliphatic carbocycles. The van der Waals surface area contributed by atoms with Gasteiger partial charge >= 0.3 is 6.03 Å². The Morgan fingerprint density at radius 2 is 1.74 bits per heavy atom. The van der Waals surface area contributed by atoms with E-state index in [9.17, 15) is 4.79 Å². The first-order chi connectivity index (χ1) is 8.97. The van der Waals surface area contributed by atoms with Crippen LogP contribution in [0, 0.1) is 0 Å². The molecule has 1 rings (SSSR count). The van der Waals surface area contributed by atoms with Crippen molar-refractivity contribution in [1.29, 1.82) is 0 Å². The maximum absolute atomic E-state index is 11.8. The molecule has 0 atom stereocenters. The van der Waals surface area contributed by atoms with Gasteiger partial charge in [-0.05, 0) is 40.3 Å². The topological polar surface area (TPSA) is 41.1 Å². The van der Waals surface area contributed by atoms with Crippen LogP contribution in [0.4, 0.5) is 10.5 Å². The summed E-state index contributed by atoms with van der Waals surface area (Å²) < 4.78 is 2.66. The van der Waals surface area contributed by atoms with E-state index in [-0.39, 0.29) is 6.03 Å². The van der Waals surface area contributed by atoms with Gasteiger partial charge in [-0.15, -0.1) is 0 Å². The van der Waals surface area contributed by atoms with Crippen LogP contribution in [0.2, 0.25) is 0 Å². The molecule has 1 aromatic carbocycles. The summed E-state index contributed by atoms with van der Waals surface area (Å²) in [6.07, 6.45) is 0. The molecule has 104 valence electrons. The van der Waals surface area contributed by atoms with Crippen LogP contribution in [0.3, 0.4) is 0 Å². The lowest BCUT2D eigenvalue weighted by atomic mass is 9.93. The van der Waals surface area contributed by atoms with Crippen molar-refractivity contribution in [1.82, 2.24) is 4.72 Å². The minimum Gasteiger partial charge on any atom is -0.307 e. The molecule has 2 amide bonds. The van der Waals surface area contributed by atoms with Crippen LogP contribution in [0.5, 0.6) is 0 Å². The van der Waals surface area contributed by atoms with Gasteiger partial charge in [0.1, 0.15) is 0 Å². The van der Waals surface area contributed by atoms with Gasteiger partial charge in [0.05, 0.1) is 0 Å². The molecule has 0 aliphatic heterocycles. The van der Waals surface area contributed by atoms with Crippen molar-refractivity contribution in [2.45, 2.75) is 39.5 Å². The third-order valence-electron chi connectivity index (χ3n) is 2.85. The molecule has 0 spiro atoms. The van der Waals surface area contributed by atoms with Crippen molar-refractivity contribution in [2.75, 3.05) is 5.32 Å². The van der Waals surface area contributed by atoms with Crippen LogP contribution >= 0.6 is 11.9 Å². The zero-order chi connectivity index (χ0) is 14.4. The minimum atomic E-state index is -0.222. The van der Waals surface area contributed by atoms with Gasteiger partial charge in [-0.1, -0.05) is 52.5 Å². The van der Waals surface area contributed by atoms with E-state index >= 15 is 0 Å². The quantitative estimate of drug-likeness (QED) is 0.756. The third-order valence-corrected chi connectivity index (χ3v) is 3.32. The number of carbonyl (C=O) groups is 1. The molecule has 0 saturated heterocycles. The van der Waals surface area contributed by atoms with Crippen LogP contribution in [-0.2, 0) is 0 Å². The molecule has 0 saturated carbocycles. The van der Waals surface area contributed by atoms with Gasteiger partial charge in [-0.3, -0.25) is 4.72 Å². The SMILES string of the molecule is C=CSNC(=O)Nc1c(C(C)C)cccc1C(C)C. The van der Waals surface area contributed by atoms with E-state index in [1.54, 1.807) is 5.41 Å². The molecule has 19 heavy (non-hydrogen) atoms. The maximum atomic E-state index is 11.8. The Balaban J connectivity index is 3.07. The monoisotopic (exact) mass is 278 g/mol. The van der Waals surface area contributed by atoms with Gasteiger partial charge in [0.15, 0.2) is 0 Å². The Bertz CT molecular complexity index is 429. The average Bonchev–Trinajstić information content (AvgIpc) is 2.35. The Labute approximate surface area is 120 Å². The lowest BCUT2D eigenvalue weighted by Gasteiger charge is -2.20. The smallest absolute Gasteiger partial charge is 0.307 e. The fourth-order valence-electron chi connectivity index (χ4n) is 1.93. The molecule has 0 bridgehead atoms. The summed E-state index contributed by atoms with van der Waals surface area (Å²) in [6.45, 7) is 12.1. The first kappa shape index (κ1) is 15.6. The number of amides is 2. The van der Waals surface area contributed by atoms with E-state index in [0.717, 1.165) is 16.8 Å². The number of nitrogens with one attached hydrogen (secondary N) is 2. The normalized spacial score (nSPS) is 10.6. The molecule has 2 N–H and O–H groups in total. The van der Waals surface area contributed by atoms with Crippen molar-refractivity contribution < 1.29 is 4.79 Å². The van der Waals surface area contributed by atoms with E-state index in [0.29, 0.717) is 11.8 Å². The summed E-state index contributed by atoms with van der Waals surface area (Å²) in [7, 11) is 0. The number of rotatable bonds is 5. The Morgan fingerprint density at radius 1 is 1.21 bits per heavy atom. The number of hydrogen-bond acceptors (Lipinski definition) is 2. The second-order valence-electron chi connectivity index (χ2n) is 4.96. The first-order valence-corrected chi connectivity index (χ1v) is 7.31. The highest BCUT2D eigenvalue weighted by Crippen LogP contribution is 2.32. The molecule has 0 aliphatic rings. The standard InChI is InChI=1S/C15H22N2OS/c1-6-19-17-15(18)16-14-12(10(2)3)8-7-9-13(14)11(4)5/h6-11H,1H2,2-5H3,(H2,16,17,18). The summed E-state index contributed by atoms with van der Waals surface area (Å²) in [5.41, 5.74) is 3.24. The van der Waals surface area contributed by atoms with Gasteiger partial charge in [0, 0.05) is 5.69 Å². The van der Waals surface area contributed by atoms with Crippen LogP contribution in [0.1, 0.15) is 50.7 Å². The number of anilines is 1. The van der Waals surface area contributed by atoms with E-state index in [1.165, 1.54) is 11.9 Å². The molecule has 1 aromatic rings. The molecule has 4 heteroatoms. The molecule has 0 aromatic heterocycles. The predicted molar refractivity (Wildman–Crippen MR) is 84.6 cm³/mol. The molecule has 0 heterocycles. The van der Waals surface area contributed by atoms with Crippen molar-refractivity contribution in [3.05, 3.63) is 41.3 Å². The number of carbonyl (C=O) groups excluding carboxylic acids is 1. The minimum absolute atomic E-state index is 0.222. The Morgan fingerprint density at radius 3 is 2.16 bits per heavy atom. The summed E-state index contributed by atoms with van der Waals surface area (Å²) in [4.78, 5) is 11.8. The van der Waals surface area contributed by atoms with Gasteiger partial charge in [-0.25, -0.2) is 4.79 Å². The number of urea groups is 1. The second-order valence-corrected chi connectivity index (χ2v) is 5.73. The molecular formula is C15H22N2OS. The largest absolute Gasteiger partial charge is 0.329 e. The highest BCUT2D eigenvalue weighted by atomic mass is 32.2. The van der Waals surface area contributed by atoms with Crippen molar-refractivity contribution in [2.24, 2.45) is 0 Å². The zero-order valence-corrected chi connectivity index (χ0v) is 12.8. The summed E-state index contributed by atoms with van der Waals surface area (Å²) in [6, 6.07) is 5.95. The number of para-hydroxylation sites is 1. The van der Waals surface area contributed by atoms with E-state index in [2.05, 4.69) is 56.4 Å². The zero-order valence-electron chi connectivity index (χ0n) is 12.0. The molecule has 3 nitrogen and oxygen atoms in total. The third kappa shape index (κ3) is 4.31. The highest BCUT2D eigenvalue weighted by molar-refractivity contribution is 8.00. The van der Waals surface area contributed by atoms with Crippen LogP contribution in [0.25, 0.3) is 0 Å². The molecular weight excluding hydrogens is 256 g/mol. The van der Waals surface area contributed by atoms with Gasteiger partial charge in [-0.2, -0.15) is 0 Å². The Kier molecular flexibility index (Phi) is 5.96. The van der Waals surface area contributed by atoms with Crippen molar-refractivity contribution in [3.63, 3.8) is 0 Å². The molecule has 0 fully saturated rings. The van der Waals surface area contributed by atoms with Gasteiger partial charge in [0.25, 0.3) is 0 Å². The molecule has 0 radical (unpaired) electrons. The van der Waals surface area contributed by atoms with Gasteiger partial charge in [0.2, 0.25) is 0 Å². The van der Waals surface area contributed by atoms with E-state index in [1.807, 2.05) is 6.07 Å². The average molecular weight is 278 g/mol. The lowest BCUT2D eigenvalue weighted by Crippen LogP contribution is -2.24. The maximum Gasteiger partial charge on any atom is 0.329 e. The molecule has 0 unspecified atom stereocenters. The van der Waals surface area contributed by atoms with E-state index < -0.39 is 0 Å².